The van der Waals surface area contributed by atoms with Crippen molar-refractivity contribution in [3.05, 3.63) is 46.8 Å². The standard InChI is InChI=1S/C23H30N6/c1-15-25-22-18(13-21(24)28-23(22)26-15)20-12-17-11-16(7-8-19(17)27-20)14-29-9-5-3-2-4-6-10-29/h7-8,11,13,20,27H,2-6,9-10,12,14H2,1H3,(H3,24,25,26,28). The number of aromatic amines is 1. The molecule has 0 bridgehead atoms. The second kappa shape index (κ2) is 7.67. The van der Waals surface area contributed by atoms with Crippen LogP contribution in [0.4, 0.5) is 11.5 Å². The van der Waals surface area contributed by atoms with Crippen LogP contribution in [0, 0.1) is 6.92 Å². The average molecular weight is 391 g/mol. The van der Waals surface area contributed by atoms with E-state index in [0.29, 0.717) is 11.5 Å². The van der Waals surface area contributed by atoms with Gasteiger partial charge in [0.2, 0.25) is 0 Å². The van der Waals surface area contributed by atoms with Crippen LogP contribution < -0.4 is 11.1 Å². The van der Waals surface area contributed by atoms with Crippen LogP contribution in [0.1, 0.15) is 60.7 Å². The SMILES string of the molecule is Cc1nc2nc(N)cc(C3Cc4cc(CN5CCCCCCC5)ccc4N3)c2[nH]1. The molecule has 0 spiro atoms. The number of nitrogens with zero attached hydrogens (tertiary/aromatic N) is 3. The Morgan fingerprint density at radius 2 is 1.86 bits per heavy atom. The maximum Gasteiger partial charge on any atom is 0.180 e. The average Bonchev–Trinajstić information content (AvgIpc) is 3.25. The molecule has 1 aromatic carbocycles. The van der Waals surface area contributed by atoms with Crippen LogP contribution >= 0.6 is 0 Å². The maximum absolute atomic E-state index is 6.06. The first-order valence-corrected chi connectivity index (χ1v) is 10.9. The Bertz CT molecular complexity index is 1020. The fourth-order valence-corrected chi connectivity index (χ4v) is 4.85. The number of hydrogen-bond acceptors (Lipinski definition) is 5. The van der Waals surface area contributed by atoms with E-state index in [2.05, 4.69) is 43.4 Å². The van der Waals surface area contributed by atoms with Crippen LogP contribution in [0.15, 0.2) is 24.3 Å². The molecule has 6 heteroatoms. The van der Waals surface area contributed by atoms with Crippen molar-refractivity contribution < 1.29 is 0 Å². The molecule has 2 aromatic heterocycles. The fourth-order valence-electron chi connectivity index (χ4n) is 4.85. The second-order valence-corrected chi connectivity index (χ2v) is 8.59. The lowest BCUT2D eigenvalue weighted by Crippen LogP contribution is -2.26. The van der Waals surface area contributed by atoms with Gasteiger partial charge in [0.05, 0.1) is 11.6 Å². The van der Waals surface area contributed by atoms with Gasteiger partial charge in [0, 0.05) is 17.8 Å². The van der Waals surface area contributed by atoms with Gasteiger partial charge in [-0.05, 0) is 62.5 Å². The molecule has 29 heavy (non-hydrogen) atoms. The van der Waals surface area contributed by atoms with Gasteiger partial charge in [-0.3, -0.25) is 4.90 Å². The molecule has 2 aliphatic rings. The maximum atomic E-state index is 6.06. The summed E-state index contributed by atoms with van der Waals surface area (Å²) in [5, 5.41) is 3.68. The smallest absolute Gasteiger partial charge is 0.180 e. The minimum Gasteiger partial charge on any atom is -0.384 e. The number of nitrogens with two attached hydrogens (primary N) is 1. The van der Waals surface area contributed by atoms with Gasteiger partial charge in [-0.25, -0.2) is 9.97 Å². The summed E-state index contributed by atoms with van der Waals surface area (Å²) in [4.78, 5) is 14.8. The number of anilines is 2. The molecule has 1 unspecified atom stereocenters. The third-order valence-electron chi connectivity index (χ3n) is 6.28. The molecular weight excluding hydrogens is 360 g/mol. The van der Waals surface area contributed by atoms with Gasteiger partial charge in [0.25, 0.3) is 0 Å². The number of aryl methyl sites for hydroxylation is 1. The van der Waals surface area contributed by atoms with Crippen molar-refractivity contribution in [3.63, 3.8) is 0 Å². The van der Waals surface area contributed by atoms with Crippen molar-refractivity contribution in [2.75, 3.05) is 24.1 Å². The number of benzene rings is 1. The highest BCUT2D eigenvalue weighted by molar-refractivity contribution is 5.79. The Morgan fingerprint density at radius 1 is 1.07 bits per heavy atom. The Labute approximate surface area is 171 Å². The van der Waals surface area contributed by atoms with E-state index < -0.39 is 0 Å². The lowest BCUT2D eigenvalue weighted by molar-refractivity contribution is 0.240. The van der Waals surface area contributed by atoms with E-state index in [0.717, 1.165) is 29.9 Å². The van der Waals surface area contributed by atoms with Crippen molar-refractivity contribution in [2.24, 2.45) is 0 Å². The van der Waals surface area contributed by atoms with Gasteiger partial charge in [-0.15, -0.1) is 0 Å². The van der Waals surface area contributed by atoms with E-state index in [4.69, 9.17) is 5.73 Å². The molecular formula is C23H30N6. The summed E-state index contributed by atoms with van der Waals surface area (Å²) in [6, 6.07) is 9.08. The van der Waals surface area contributed by atoms with Crippen LogP contribution in [0.5, 0.6) is 0 Å². The molecule has 0 aliphatic carbocycles. The number of rotatable bonds is 3. The molecule has 1 atom stereocenters. The minimum absolute atomic E-state index is 0.189. The quantitative estimate of drug-likeness (QED) is 0.620. The molecule has 0 radical (unpaired) electrons. The number of imidazole rings is 1. The zero-order valence-electron chi connectivity index (χ0n) is 17.2. The number of aromatic nitrogens is 3. The third-order valence-corrected chi connectivity index (χ3v) is 6.28. The summed E-state index contributed by atoms with van der Waals surface area (Å²) in [7, 11) is 0. The molecule has 1 fully saturated rings. The largest absolute Gasteiger partial charge is 0.384 e. The highest BCUT2D eigenvalue weighted by Gasteiger charge is 2.25. The van der Waals surface area contributed by atoms with E-state index in [1.54, 1.807) is 0 Å². The van der Waals surface area contributed by atoms with Crippen LogP contribution in [-0.4, -0.2) is 32.9 Å². The molecule has 2 aliphatic heterocycles. The summed E-state index contributed by atoms with van der Waals surface area (Å²) in [5.41, 5.74) is 12.9. The Morgan fingerprint density at radius 3 is 2.69 bits per heavy atom. The topological polar surface area (TPSA) is 82.9 Å². The minimum atomic E-state index is 0.189. The van der Waals surface area contributed by atoms with Crippen molar-refractivity contribution in [2.45, 2.75) is 58.0 Å². The summed E-state index contributed by atoms with van der Waals surface area (Å²) in [5.74, 6) is 1.39. The van der Waals surface area contributed by atoms with Crippen LogP contribution in [0.25, 0.3) is 11.2 Å². The van der Waals surface area contributed by atoms with E-state index in [1.807, 2.05) is 13.0 Å². The molecule has 152 valence electrons. The van der Waals surface area contributed by atoms with Crippen LogP contribution in [0.2, 0.25) is 0 Å². The fraction of sp³-hybridized carbons (Fsp3) is 0.478. The number of pyridine rings is 1. The molecule has 3 aromatic rings. The van der Waals surface area contributed by atoms with E-state index in [1.165, 1.54) is 62.0 Å². The first-order chi connectivity index (χ1) is 14.2. The summed E-state index contributed by atoms with van der Waals surface area (Å²) in [6.45, 7) is 5.47. The van der Waals surface area contributed by atoms with E-state index in [-0.39, 0.29) is 6.04 Å². The summed E-state index contributed by atoms with van der Waals surface area (Å²) < 4.78 is 0. The Balaban J connectivity index is 1.36. The Hall–Kier alpha value is -2.60. The normalized spacial score (nSPS) is 20.2. The number of nitrogen functional groups attached to an aromatic ring is 1. The zero-order valence-corrected chi connectivity index (χ0v) is 17.2. The van der Waals surface area contributed by atoms with E-state index in [9.17, 15) is 0 Å². The molecule has 4 N–H and O–H groups in total. The zero-order chi connectivity index (χ0) is 19.8. The lowest BCUT2D eigenvalue weighted by Gasteiger charge is -2.24. The Kier molecular flexibility index (Phi) is 4.87. The third kappa shape index (κ3) is 3.81. The highest BCUT2D eigenvalue weighted by atomic mass is 15.1. The predicted molar refractivity (Wildman–Crippen MR) is 118 cm³/mol. The molecule has 0 saturated carbocycles. The van der Waals surface area contributed by atoms with Gasteiger partial charge >= 0.3 is 0 Å². The first kappa shape index (κ1) is 18.4. The van der Waals surface area contributed by atoms with Crippen LogP contribution in [0.3, 0.4) is 0 Å². The van der Waals surface area contributed by atoms with E-state index >= 15 is 0 Å². The number of nitrogens with one attached hydrogen (secondary N) is 2. The second-order valence-electron chi connectivity index (χ2n) is 8.59. The van der Waals surface area contributed by atoms with Gasteiger partial charge in [-0.1, -0.05) is 31.4 Å². The highest BCUT2D eigenvalue weighted by Crippen LogP contribution is 2.37. The number of hydrogen-bond donors (Lipinski definition) is 3. The van der Waals surface area contributed by atoms with Gasteiger partial charge < -0.3 is 16.0 Å². The van der Waals surface area contributed by atoms with Gasteiger partial charge in [0.1, 0.15) is 11.6 Å². The van der Waals surface area contributed by atoms with Crippen LogP contribution in [-0.2, 0) is 13.0 Å². The predicted octanol–water partition coefficient (Wildman–Crippen LogP) is 4.32. The monoisotopic (exact) mass is 390 g/mol. The molecule has 5 rings (SSSR count). The summed E-state index contributed by atoms with van der Waals surface area (Å²) >= 11 is 0. The van der Waals surface area contributed by atoms with Crippen molar-refractivity contribution in [3.8, 4) is 0 Å². The number of fused-ring (bicyclic) bond motifs is 2. The lowest BCUT2D eigenvalue weighted by atomic mass is 10.0. The molecule has 6 nitrogen and oxygen atoms in total. The number of likely N-dealkylation sites (tertiary alicyclic amines) is 1. The summed E-state index contributed by atoms with van der Waals surface area (Å²) in [6.07, 6.45) is 7.78. The number of H-pyrrole nitrogens is 1. The van der Waals surface area contributed by atoms with Crippen molar-refractivity contribution in [1.29, 1.82) is 0 Å². The van der Waals surface area contributed by atoms with Gasteiger partial charge in [-0.2, -0.15) is 0 Å². The molecule has 1 saturated heterocycles. The molecule has 4 heterocycles. The van der Waals surface area contributed by atoms with Gasteiger partial charge in [0.15, 0.2) is 5.65 Å². The first-order valence-electron chi connectivity index (χ1n) is 10.9. The van der Waals surface area contributed by atoms with Crippen molar-refractivity contribution in [1.82, 2.24) is 19.9 Å². The van der Waals surface area contributed by atoms with Crippen molar-refractivity contribution >= 4 is 22.7 Å². The molecule has 0 amide bonds.